The van der Waals surface area contributed by atoms with Crippen molar-refractivity contribution in [2.75, 3.05) is 50.5 Å². The van der Waals surface area contributed by atoms with Gasteiger partial charge in [-0.05, 0) is 43.0 Å². The molecule has 2 aromatic carbocycles. The van der Waals surface area contributed by atoms with Crippen LogP contribution in [-0.4, -0.2) is 61.4 Å². The number of carbonyl (C=O) groups excluding carboxylic acids is 1. The molecule has 9 heteroatoms. The van der Waals surface area contributed by atoms with Gasteiger partial charge in [0, 0.05) is 35.5 Å². The topological polar surface area (TPSA) is 45.7 Å². The Morgan fingerprint density at radius 1 is 1.26 bits per heavy atom. The largest absolute Gasteiger partial charge is 0.379 e. The van der Waals surface area contributed by atoms with Gasteiger partial charge in [-0.3, -0.25) is 14.6 Å². The summed E-state index contributed by atoms with van der Waals surface area (Å²) in [6.07, 6.45) is 2.90. The molecule has 0 aliphatic carbocycles. The molecule has 166 valence electrons. The van der Waals surface area contributed by atoms with E-state index in [4.69, 9.17) is 9.72 Å². The van der Waals surface area contributed by atoms with Crippen molar-refractivity contribution in [2.45, 2.75) is 11.3 Å². The molecule has 0 unspecified atom stereocenters. The van der Waals surface area contributed by atoms with Crippen molar-refractivity contribution in [2.24, 2.45) is 0 Å². The standard InChI is InChI=1S/C22H24BrN3O2S2.ClH/c1-29-19-6-3-2-5-17(19)21(27)26(10-4-9-25-11-13-28-14-12-25)22-24-18-8-7-16(23)15-20(18)30-22;/h2-3,5-8,15H,4,9-14H2,1H3;1H. The van der Waals surface area contributed by atoms with Gasteiger partial charge in [0.1, 0.15) is 0 Å². The lowest BCUT2D eigenvalue weighted by Gasteiger charge is -2.28. The minimum Gasteiger partial charge on any atom is -0.379 e. The molecule has 1 fully saturated rings. The summed E-state index contributed by atoms with van der Waals surface area (Å²) in [5.74, 6) is 0.0139. The number of hydrogen-bond donors (Lipinski definition) is 0. The van der Waals surface area contributed by atoms with Crippen molar-refractivity contribution in [1.82, 2.24) is 9.88 Å². The summed E-state index contributed by atoms with van der Waals surface area (Å²) in [6, 6.07) is 13.8. The summed E-state index contributed by atoms with van der Waals surface area (Å²) in [5, 5.41) is 0.756. The summed E-state index contributed by atoms with van der Waals surface area (Å²) >= 11 is 6.69. The third kappa shape index (κ3) is 6.00. The maximum absolute atomic E-state index is 13.6. The molecule has 1 aliphatic rings. The molecular formula is C22H25BrClN3O2S2. The van der Waals surface area contributed by atoms with E-state index in [1.807, 2.05) is 47.6 Å². The molecule has 3 aromatic rings. The van der Waals surface area contributed by atoms with E-state index in [9.17, 15) is 4.79 Å². The second-order valence-corrected chi connectivity index (χ2v) is 9.85. The number of thioether (sulfide) groups is 1. The van der Waals surface area contributed by atoms with E-state index >= 15 is 0 Å². The second-order valence-electron chi connectivity index (χ2n) is 7.07. The monoisotopic (exact) mass is 541 g/mol. The lowest BCUT2D eigenvalue weighted by atomic mass is 10.2. The average molecular weight is 543 g/mol. The van der Waals surface area contributed by atoms with Gasteiger partial charge < -0.3 is 4.74 Å². The lowest BCUT2D eigenvalue weighted by molar-refractivity contribution is 0.0376. The third-order valence-electron chi connectivity index (χ3n) is 5.11. The van der Waals surface area contributed by atoms with Crippen LogP contribution < -0.4 is 4.90 Å². The zero-order chi connectivity index (χ0) is 20.9. The van der Waals surface area contributed by atoms with E-state index in [1.165, 1.54) is 0 Å². The van der Waals surface area contributed by atoms with Gasteiger partial charge in [-0.2, -0.15) is 0 Å². The molecule has 0 N–H and O–H groups in total. The molecular weight excluding hydrogens is 518 g/mol. The summed E-state index contributed by atoms with van der Waals surface area (Å²) in [7, 11) is 0. The van der Waals surface area contributed by atoms with Crippen LogP contribution in [0.15, 0.2) is 51.8 Å². The first-order valence-electron chi connectivity index (χ1n) is 9.97. The number of rotatable bonds is 7. The number of carbonyl (C=O) groups is 1. The third-order valence-corrected chi connectivity index (χ3v) is 7.44. The number of halogens is 2. The molecule has 0 radical (unpaired) electrons. The summed E-state index contributed by atoms with van der Waals surface area (Å²) in [5.41, 5.74) is 1.65. The minimum absolute atomic E-state index is 0. The Morgan fingerprint density at radius 2 is 2.03 bits per heavy atom. The van der Waals surface area contributed by atoms with Crippen LogP contribution in [0.2, 0.25) is 0 Å². The summed E-state index contributed by atoms with van der Waals surface area (Å²) < 4.78 is 7.53. The Hall–Kier alpha value is -1.16. The zero-order valence-electron chi connectivity index (χ0n) is 17.3. The number of anilines is 1. The fraction of sp³-hybridized carbons (Fsp3) is 0.364. The van der Waals surface area contributed by atoms with Crippen LogP contribution in [0.1, 0.15) is 16.8 Å². The molecule has 0 atom stereocenters. The number of fused-ring (bicyclic) bond motifs is 1. The van der Waals surface area contributed by atoms with Crippen molar-refractivity contribution < 1.29 is 9.53 Å². The highest BCUT2D eigenvalue weighted by molar-refractivity contribution is 9.10. The molecule has 31 heavy (non-hydrogen) atoms. The number of morpholine rings is 1. The van der Waals surface area contributed by atoms with E-state index in [-0.39, 0.29) is 18.3 Å². The average Bonchev–Trinajstić information content (AvgIpc) is 3.19. The molecule has 1 aliphatic heterocycles. The highest BCUT2D eigenvalue weighted by Crippen LogP contribution is 2.32. The molecule has 1 saturated heterocycles. The number of amides is 1. The Bertz CT molecular complexity index is 1030. The van der Waals surface area contributed by atoms with Crippen LogP contribution in [-0.2, 0) is 4.74 Å². The first kappa shape index (κ1) is 24.5. The number of ether oxygens (including phenoxy) is 1. The van der Waals surface area contributed by atoms with Crippen molar-refractivity contribution in [3.63, 3.8) is 0 Å². The quantitative estimate of drug-likeness (QED) is 0.365. The fourth-order valence-electron chi connectivity index (χ4n) is 3.53. The van der Waals surface area contributed by atoms with E-state index in [0.717, 1.165) is 69.5 Å². The summed E-state index contributed by atoms with van der Waals surface area (Å²) in [4.78, 5) is 23.6. The Balaban J connectivity index is 0.00000272. The van der Waals surface area contributed by atoms with Gasteiger partial charge in [0.2, 0.25) is 0 Å². The van der Waals surface area contributed by atoms with Crippen LogP contribution in [0, 0.1) is 0 Å². The first-order chi connectivity index (χ1) is 14.7. The van der Waals surface area contributed by atoms with Gasteiger partial charge in [-0.25, -0.2) is 4.98 Å². The van der Waals surface area contributed by atoms with Gasteiger partial charge in [-0.15, -0.1) is 24.2 Å². The predicted octanol–water partition coefficient (Wildman–Crippen LogP) is 5.57. The van der Waals surface area contributed by atoms with Crippen molar-refractivity contribution in [3.8, 4) is 0 Å². The molecule has 0 saturated carbocycles. The van der Waals surface area contributed by atoms with Crippen molar-refractivity contribution >= 4 is 72.7 Å². The summed E-state index contributed by atoms with van der Waals surface area (Å²) in [6.45, 7) is 5.08. The van der Waals surface area contributed by atoms with Crippen LogP contribution in [0.5, 0.6) is 0 Å². The van der Waals surface area contributed by atoms with E-state index < -0.39 is 0 Å². The number of thiazole rings is 1. The maximum atomic E-state index is 13.6. The smallest absolute Gasteiger partial charge is 0.261 e. The van der Waals surface area contributed by atoms with E-state index in [2.05, 4.69) is 26.9 Å². The fourth-order valence-corrected chi connectivity index (χ4v) is 5.66. The number of benzene rings is 2. The molecule has 4 rings (SSSR count). The van der Waals surface area contributed by atoms with Crippen LogP contribution in [0.4, 0.5) is 5.13 Å². The van der Waals surface area contributed by atoms with E-state index in [0.29, 0.717) is 6.54 Å². The number of nitrogens with zero attached hydrogens (tertiary/aromatic N) is 3. The van der Waals surface area contributed by atoms with Gasteiger partial charge in [0.25, 0.3) is 5.91 Å². The van der Waals surface area contributed by atoms with Gasteiger partial charge in [0.05, 0.1) is 29.0 Å². The molecule has 1 amide bonds. The Kier molecular flexibility index (Phi) is 9.18. The van der Waals surface area contributed by atoms with Gasteiger partial charge >= 0.3 is 0 Å². The number of hydrogen-bond acceptors (Lipinski definition) is 6. The van der Waals surface area contributed by atoms with Crippen molar-refractivity contribution in [3.05, 3.63) is 52.5 Å². The minimum atomic E-state index is 0. The number of aromatic nitrogens is 1. The van der Waals surface area contributed by atoms with E-state index in [1.54, 1.807) is 23.1 Å². The molecule has 0 bridgehead atoms. The molecule has 0 spiro atoms. The highest BCUT2D eigenvalue weighted by atomic mass is 79.9. The predicted molar refractivity (Wildman–Crippen MR) is 136 cm³/mol. The molecule has 1 aromatic heterocycles. The maximum Gasteiger partial charge on any atom is 0.261 e. The molecule has 5 nitrogen and oxygen atoms in total. The highest BCUT2D eigenvalue weighted by Gasteiger charge is 2.23. The second kappa shape index (κ2) is 11.6. The SMILES string of the molecule is CSc1ccccc1C(=O)N(CCCN1CCOCC1)c1nc2ccc(Br)cc2s1.Cl. The Morgan fingerprint density at radius 3 is 2.81 bits per heavy atom. The lowest BCUT2D eigenvalue weighted by Crippen LogP contribution is -2.39. The zero-order valence-corrected chi connectivity index (χ0v) is 21.3. The normalized spacial score (nSPS) is 14.4. The van der Waals surface area contributed by atoms with Gasteiger partial charge in [-0.1, -0.05) is 39.4 Å². The molecule has 2 heterocycles. The van der Waals surface area contributed by atoms with Crippen molar-refractivity contribution in [1.29, 1.82) is 0 Å². The van der Waals surface area contributed by atoms with Crippen LogP contribution >= 0.6 is 51.4 Å². The van der Waals surface area contributed by atoms with Gasteiger partial charge in [0.15, 0.2) is 5.13 Å². The Labute approximate surface area is 205 Å². The van der Waals surface area contributed by atoms with Crippen LogP contribution in [0.3, 0.4) is 0 Å². The van der Waals surface area contributed by atoms with Crippen LogP contribution in [0.25, 0.3) is 10.2 Å². The first-order valence-corrected chi connectivity index (χ1v) is 12.8.